The quantitative estimate of drug-likeness (QED) is 0.811. The van der Waals surface area contributed by atoms with Crippen molar-refractivity contribution in [3.63, 3.8) is 0 Å². The maximum atomic E-state index is 9.45. The van der Waals surface area contributed by atoms with Gasteiger partial charge in [-0.1, -0.05) is 15.9 Å². The molecule has 14 heavy (non-hydrogen) atoms. The zero-order valence-electron chi connectivity index (χ0n) is 7.82. The normalized spacial score (nSPS) is 12.8. The molecule has 2 nitrogen and oxygen atoms in total. The van der Waals surface area contributed by atoms with E-state index in [4.69, 9.17) is 5.73 Å². The Kier molecular flexibility index (Phi) is 5.55. The highest BCUT2D eigenvalue weighted by molar-refractivity contribution is 9.10. The SMILES string of the molecule is NCCC(O)CSc1ccc(Br)cc1. The molecule has 1 atom stereocenters. The molecule has 0 amide bonds. The summed E-state index contributed by atoms with van der Waals surface area (Å²) in [5.41, 5.74) is 5.34. The monoisotopic (exact) mass is 275 g/mol. The molecule has 3 N–H and O–H groups in total. The van der Waals surface area contributed by atoms with Gasteiger partial charge in [0.1, 0.15) is 0 Å². The topological polar surface area (TPSA) is 46.2 Å². The van der Waals surface area contributed by atoms with Gasteiger partial charge in [0.05, 0.1) is 6.10 Å². The van der Waals surface area contributed by atoms with Gasteiger partial charge < -0.3 is 10.8 Å². The van der Waals surface area contributed by atoms with Crippen molar-refractivity contribution in [3.05, 3.63) is 28.7 Å². The van der Waals surface area contributed by atoms with Gasteiger partial charge in [0.25, 0.3) is 0 Å². The molecule has 0 aromatic heterocycles. The molecule has 78 valence electrons. The van der Waals surface area contributed by atoms with E-state index in [1.165, 1.54) is 4.90 Å². The lowest BCUT2D eigenvalue weighted by Crippen LogP contribution is -2.15. The van der Waals surface area contributed by atoms with Crippen LogP contribution in [0.4, 0.5) is 0 Å². The third kappa shape index (κ3) is 4.46. The minimum atomic E-state index is -0.298. The minimum absolute atomic E-state index is 0.298. The standard InChI is InChI=1S/C10H14BrNOS/c11-8-1-3-10(4-2-8)14-7-9(13)5-6-12/h1-4,9,13H,5-7,12H2. The summed E-state index contributed by atoms with van der Waals surface area (Å²) in [4.78, 5) is 1.17. The summed E-state index contributed by atoms with van der Waals surface area (Å²) in [5, 5.41) is 9.45. The van der Waals surface area contributed by atoms with E-state index in [-0.39, 0.29) is 6.10 Å². The van der Waals surface area contributed by atoms with Crippen LogP contribution >= 0.6 is 27.7 Å². The lowest BCUT2D eigenvalue weighted by atomic mass is 10.3. The second kappa shape index (κ2) is 6.45. The largest absolute Gasteiger partial charge is 0.392 e. The smallest absolute Gasteiger partial charge is 0.0646 e. The zero-order chi connectivity index (χ0) is 10.4. The van der Waals surface area contributed by atoms with Gasteiger partial charge in [0.15, 0.2) is 0 Å². The molecular weight excluding hydrogens is 262 g/mol. The van der Waals surface area contributed by atoms with Crippen LogP contribution in [0.15, 0.2) is 33.6 Å². The lowest BCUT2D eigenvalue weighted by Gasteiger charge is -2.08. The Morgan fingerprint density at radius 2 is 2.00 bits per heavy atom. The number of rotatable bonds is 5. The van der Waals surface area contributed by atoms with Gasteiger partial charge in [0, 0.05) is 15.1 Å². The minimum Gasteiger partial charge on any atom is -0.392 e. The van der Waals surface area contributed by atoms with Crippen LogP contribution in [0, 0.1) is 0 Å². The van der Waals surface area contributed by atoms with Crippen molar-refractivity contribution in [2.45, 2.75) is 17.4 Å². The van der Waals surface area contributed by atoms with E-state index in [2.05, 4.69) is 15.9 Å². The molecule has 0 spiro atoms. The Hall–Kier alpha value is -0.0300. The predicted octanol–water partition coefficient (Wildman–Crippen LogP) is 2.25. The molecule has 0 aliphatic rings. The number of halogens is 1. The average molecular weight is 276 g/mol. The van der Waals surface area contributed by atoms with Crippen molar-refractivity contribution in [2.75, 3.05) is 12.3 Å². The number of aliphatic hydroxyl groups excluding tert-OH is 1. The van der Waals surface area contributed by atoms with Crippen LogP contribution in [0.1, 0.15) is 6.42 Å². The van der Waals surface area contributed by atoms with E-state index in [1.54, 1.807) is 11.8 Å². The van der Waals surface area contributed by atoms with Crippen LogP contribution in [-0.2, 0) is 0 Å². The van der Waals surface area contributed by atoms with Gasteiger partial charge in [-0.25, -0.2) is 0 Å². The summed E-state index contributed by atoms with van der Waals surface area (Å²) in [6.45, 7) is 0.544. The van der Waals surface area contributed by atoms with Crippen LogP contribution < -0.4 is 5.73 Å². The molecule has 0 aliphatic heterocycles. The second-order valence-electron chi connectivity index (χ2n) is 3.00. The summed E-state index contributed by atoms with van der Waals surface area (Å²) in [6, 6.07) is 8.06. The fourth-order valence-corrected chi connectivity index (χ4v) is 2.14. The van der Waals surface area contributed by atoms with Crippen LogP contribution in [0.25, 0.3) is 0 Å². The molecule has 0 radical (unpaired) electrons. The molecule has 0 heterocycles. The Labute approximate surface area is 97.0 Å². The Bertz CT molecular complexity index is 265. The summed E-state index contributed by atoms with van der Waals surface area (Å²) in [6.07, 6.45) is 0.373. The van der Waals surface area contributed by atoms with E-state index in [0.29, 0.717) is 18.7 Å². The predicted molar refractivity (Wildman–Crippen MR) is 64.5 cm³/mol. The lowest BCUT2D eigenvalue weighted by molar-refractivity contribution is 0.192. The van der Waals surface area contributed by atoms with Crippen molar-refractivity contribution in [1.82, 2.24) is 0 Å². The first-order valence-corrected chi connectivity index (χ1v) is 6.26. The molecule has 1 aromatic carbocycles. The van der Waals surface area contributed by atoms with E-state index < -0.39 is 0 Å². The van der Waals surface area contributed by atoms with Crippen molar-refractivity contribution >= 4 is 27.7 Å². The summed E-state index contributed by atoms with van der Waals surface area (Å²) >= 11 is 5.03. The van der Waals surface area contributed by atoms with Gasteiger partial charge in [-0.3, -0.25) is 0 Å². The van der Waals surface area contributed by atoms with Crippen LogP contribution in [0.5, 0.6) is 0 Å². The number of thioether (sulfide) groups is 1. The third-order valence-electron chi connectivity index (χ3n) is 1.76. The van der Waals surface area contributed by atoms with Crippen molar-refractivity contribution in [2.24, 2.45) is 5.73 Å². The molecule has 0 saturated carbocycles. The zero-order valence-corrected chi connectivity index (χ0v) is 10.2. The molecule has 0 bridgehead atoms. The fraction of sp³-hybridized carbons (Fsp3) is 0.400. The van der Waals surface area contributed by atoms with Crippen molar-refractivity contribution < 1.29 is 5.11 Å². The number of aliphatic hydroxyl groups is 1. The summed E-state index contributed by atoms with van der Waals surface area (Å²) in [5.74, 6) is 0.707. The Morgan fingerprint density at radius 3 is 2.57 bits per heavy atom. The van der Waals surface area contributed by atoms with Crippen LogP contribution in [-0.4, -0.2) is 23.5 Å². The highest BCUT2D eigenvalue weighted by Gasteiger charge is 2.03. The molecule has 1 aromatic rings. The van der Waals surface area contributed by atoms with Gasteiger partial charge >= 0.3 is 0 Å². The van der Waals surface area contributed by atoms with Gasteiger partial charge in [0.2, 0.25) is 0 Å². The molecule has 4 heteroatoms. The average Bonchev–Trinajstić information content (AvgIpc) is 2.17. The van der Waals surface area contributed by atoms with E-state index in [9.17, 15) is 5.11 Å². The fourth-order valence-electron chi connectivity index (χ4n) is 0.999. The van der Waals surface area contributed by atoms with Gasteiger partial charge in [-0.05, 0) is 37.2 Å². The molecule has 0 aliphatic carbocycles. The first-order valence-electron chi connectivity index (χ1n) is 4.49. The van der Waals surface area contributed by atoms with Gasteiger partial charge in [-0.15, -0.1) is 11.8 Å². The molecular formula is C10H14BrNOS. The number of hydrogen-bond acceptors (Lipinski definition) is 3. The highest BCUT2D eigenvalue weighted by Crippen LogP contribution is 2.21. The van der Waals surface area contributed by atoms with Crippen LogP contribution in [0.3, 0.4) is 0 Å². The summed E-state index contributed by atoms with van der Waals surface area (Å²) < 4.78 is 1.07. The van der Waals surface area contributed by atoms with E-state index >= 15 is 0 Å². The van der Waals surface area contributed by atoms with E-state index in [1.807, 2.05) is 24.3 Å². The van der Waals surface area contributed by atoms with Crippen LogP contribution in [0.2, 0.25) is 0 Å². The maximum absolute atomic E-state index is 9.45. The summed E-state index contributed by atoms with van der Waals surface area (Å²) in [7, 11) is 0. The number of hydrogen-bond donors (Lipinski definition) is 2. The second-order valence-corrected chi connectivity index (χ2v) is 5.01. The first kappa shape index (κ1) is 12.0. The highest BCUT2D eigenvalue weighted by atomic mass is 79.9. The molecule has 0 saturated heterocycles. The van der Waals surface area contributed by atoms with Crippen molar-refractivity contribution in [1.29, 1.82) is 0 Å². The molecule has 1 rings (SSSR count). The van der Waals surface area contributed by atoms with E-state index in [0.717, 1.165) is 4.47 Å². The number of benzene rings is 1. The third-order valence-corrected chi connectivity index (χ3v) is 3.44. The molecule has 0 fully saturated rings. The first-order chi connectivity index (χ1) is 6.72. The maximum Gasteiger partial charge on any atom is 0.0646 e. The molecule has 1 unspecified atom stereocenters. The Morgan fingerprint density at radius 1 is 1.36 bits per heavy atom. The Balaban J connectivity index is 2.34. The van der Waals surface area contributed by atoms with Gasteiger partial charge in [-0.2, -0.15) is 0 Å². The van der Waals surface area contributed by atoms with Crippen molar-refractivity contribution in [3.8, 4) is 0 Å². The number of nitrogens with two attached hydrogens (primary N) is 1.